The number of piperazine rings is 1. The molecule has 3 N–H and O–H groups in total. The zero-order chi connectivity index (χ0) is 19.6. The monoisotopic (exact) mass is 401 g/mol. The third kappa shape index (κ3) is 4.59. The van der Waals surface area contributed by atoms with E-state index in [-0.39, 0.29) is 29.8 Å². The maximum atomic E-state index is 13.3. The molecular weight excluding hydrogens is 377 g/mol. The standard InChI is InChI=1S/C18H25ClFN3O4/c1-22-4-6-23(7-5-22)16-14(27-15(10-24)17(16)25)9-21-18(26)11-2-3-13(20)12(19)8-11/h2-3,8,14-17,24-25H,4-7,9-10H2,1H3,(H,21,26)/t14-,15+,16-,17-/m1/s1. The largest absolute Gasteiger partial charge is 0.394 e. The number of nitrogens with zero attached hydrogens (tertiary/aromatic N) is 2. The Morgan fingerprint density at radius 2 is 2.04 bits per heavy atom. The normalized spacial score (nSPS) is 29.8. The van der Waals surface area contributed by atoms with Crippen LogP contribution >= 0.6 is 11.6 Å². The highest BCUT2D eigenvalue weighted by atomic mass is 35.5. The number of amides is 1. The number of hydrogen-bond acceptors (Lipinski definition) is 6. The van der Waals surface area contributed by atoms with Gasteiger partial charge in [-0.15, -0.1) is 0 Å². The van der Waals surface area contributed by atoms with Crippen molar-refractivity contribution in [2.75, 3.05) is 46.4 Å². The summed E-state index contributed by atoms with van der Waals surface area (Å²) in [7, 11) is 2.04. The van der Waals surface area contributed by atoms with Gasteiger partial charge in [-0.1, -0.05) is 11.6 Å². The first kappa shape index (κ1) is 20.4. The average molecular weight is 402 g/mol. The SMILES string of the molecule is CN1CCN([C@H]2[C@H](O)[C@H](CO)O[C@@H]2CNC(=O)c2ccc(F)c(Cl)c2)CC1. The third-order valence-electron chi connectivity index (χ3n) is 5.25. The first-order valence-electron chi connectivity index (χ1n) is 9.01. The van der Waals surface area contributed by atoms with E-state index in [2.05, 4.69) is 15.1 Å². The number of halogens is 2. The third-order valence-corrected chi connectivity index (χ3v) is 5.54. The average Bonchev–Trinajstić information content (AvgIpc) is 2.98. The second-order valence-corrected chi connectivity index (χ2v) is 7.46. The van der Waals surface area contributed by atoms with Crippen LogP contribution in [0.15, 0.2) is 18.2 Å². The summed E-state index contributed by atoms with van der Waals surface area (Å²) in [6, 6.07) is 3.45. The van der Waals surface area contributed by atoms with Crippen molar-refractivity contribution >= 4 is 17.5 Å². The topological polar surface area (TPSA) is 85.3 Å². The summed E-state index contributed by atoms with van der Waals surface area (Å²) in [5.74, 6) is -0.990. The van der Waals surface area contributed by atoms with Gasteiger partial charge in [0.05, 0.1) is 23.8 Å². The Kier molecular flexibility index (Phi) is 6.67. The van der Waals surface area contributed by atoms with Crippen LogP contribution in [0.2, 0.25) is 5.02 Å². The van der Waals surface area contributed by atoms with Gasteiger partial charge in [-0.05, 0) is 25.2 Å². The van der Waals surface area contributed by atoms with Gasteiger partial charge in [-0.2, -0.15) is 0 Å². The van der Waals surface area contributed by atoms with Crippen molar-refractivity contribution in [1.82, 2.24) is 15.1 Å². The number of aliphatic hydroxyl groups excluding tert-OH is 2. The number of carbonyl (C=O) groups is 1. The van der Waals surface area contributed by atoms with E-state index in [1.54, 1.807) is 0 Å². The highest BCUT2D eigenvalue weighted by Gasteiger charge is 2.46. The summed E-state index contributed by atoms with van der Waals surface area (Å²) >= 11 is 5.73. The van der Waals surface area contributed by atoms with Crippen LogP contribution < -0.4 is 5.32 Å². The van der Waals surface area contributed by atoms with E-state index >= 15 is 0 Å². The predicted octanol–water partition coefficient (Wildman–Crippen LogP) is -0.0545. The minimum absolute atomic E-state index is 0.120. The van der Waals surface area contributed by atoms with E-state index in [1.165, 1.54) is 12.1 Å². The number of ether oxygens (including phenoxy) is 1. The zero-order valence-corrected chi connectivity index (χ0v) is 15.9. The summed E-state index contributed by atoms with van der Waals surface area (Å²) in [6.45, 7) is 3.18. The molecule has 2 saturated heterocycles. The van der Waals surface area contributed by atoms with E-state index in [0.717, 1.165) is 32.2 Å². The molecule has 3 rings (SSSR count). The molecule has 150 valence electrons. The fraction of sp³-hybridized carbons (Fsp3) is 0.611. The smallest absolute Gasteiger partial charge is 0.251 e. The summed E-state index contributed by atoms with van der Waals surface area (Å²) < 4.78 is 19.0. The van der Waals surface area contributed by atoms with Gasteiger partial charge in [0.25, 0.3) is 5.91 Å². The molecule has 1 aromatic carbocycles. The molecule has 0 aromatic heterocycles. The van der Waals surface area contributed by atoms with Gasteiger partial charge in [0.1, 0.15) is 18.0 Å². The molecule has 0 aliphatic carbocycles. The van der Waals surface area contributed by atoms with Crippen LogP contribution in [-0.2, 0) is 4.74 Å². The van der Waals surface area contributed by atoms with Gasteiger partial charge < -0.3 is 25.2 Å². The highest BCUT2D eigenvalue weighted by molar-refractivity contribution is 6.31. The minimum Gasteiger partial charge on any atom is -0.394 e. The summed E-state index contributed by atoms with van der Waals surface area (Å²) in [5.41, 5.74) is 0.245. The van der Waals surface area contributed by atoms with Gasteiger partial charge >= 0.3 is 0 Å². The Morgan fingerprint density at radius 1 is 1.33 bits per heavy atom. The van der Waals surface area contributed by atoms with E-state index in [1.807, 2.05) is 7.05 Å². The van der Waals surface area contributed by atoms with Crippen molar-refractivity contribution in [2.24, 2.45) is 0 Å². The molecule has 0 radical (unpaired) electrons. The molecule has 0 bridgehead atoms. The van der Waals surface area contributed by atoms with Gasteiger partial charge in [0, 0.05) is 38.3 Å². The lowest BCUT2D eigenvalue weighted by molar-refractivity contribution is -0.0209. The lowest BCUT2D eigenvalue weighted by Gasteiger charge is -2.39. The summed E-state index contributed by atoms with van der Waals surface area (Å²) in [6.07, 6.45) is -1.97. The highest BCUT2D eigenvalue weighted by Crippen LogP contribution is 2.26. The van der Waals surface area contributed by atoms with E-state index in [4.69, 9.17) is 16.3 Å². The molecule has 4 atom stereocenters. The molecular formula is C18H25ClFN3O4. The van der Waals surface area contributed by atoms with Crippen LogP contribution in [0.5, 0.6) is 0 Å². The molecule has 2 aliphatic rings. The van der Waals surface area contributed by atoms with Crippen LogP contribution in [0.25, 0.3) is 0 Å². The van der Waals surface area contributed by atoms with E-state index in [9.17, 15) is 19.4 Å². The van der Waals surface area contributed by atoms with Gasteiger partial charge in [-0.25, -0.2) is 4.39 Å². The van der Waals surface area contributed by atoms with Crippen LogP contribution in [0, 0.1) is 5.82 Å². The molecule has 2 fully saturated rings. The Balaban J connectivity index is 1.65. The number of benzene rings is 1. The van der Waals surface area contributed by atoms with Gasteiger partial charge in [-0.3, -0.25) is 9.69 Å². The van der Waals surface area contributed by atoms with E-state index in [0.29, 0.717) is 0 Å². The van der Waals surface area contributed by atoms with Crippen LogP contribution in [0.1, 0.15) is 10.4 Å². The number of likely N-dealkylation sites (N-methyl/N-ethyl adjacent to an activating group) is 1. The molecule has 2 aliphatic heterocycles. The lowest BCUT2D eigenvalue weighted by atomic mass is 10.0. The number of rotatable bonds is 5. The zero-order valence-electron chi connectivity index (χ0n) is 15.1. The Bertz CT molecular complexity index is 672. The molecule has 27 heavy (non-hydrogen) atoms. The van der Waals surface area contributed by atoms with Crippen molar-refractivity contribution in [1.29, 1.82) is 0 Å². The molecule has 7 nitrogen and oxygen atoms in total. The number of aliphatic hydroxyl groups is 2. The van der Waals surface area contributed by atoms with Crippen molar-refractivity contribution < 1.29 is 24.1 Å². The van der Waals surface area contributed by atoms with Gasteiger partial charge in [0.15, 0.2) is 0 Å². The first-order chi connectivity index (χ1) is 12.9. The Labute approximate surface area is 162 Å². The molecule has 9 heteroatoms. The molecule has 2 heterocycles. The fourth-order valence-electron chi connectivity index (χ4n) is 3.65. The van der Waals surface area contributed by atoms with Gasteiger partial charge in [0.2, 0.25) is 0 Å². The Morgan fingerprint density at radius 3 is 2.67 bits per heavy atom. The van der Waals surface area contributed by atoms with E-state index < -0.39 is 30.0 Å². The second kappa shape index (κ2) is 8.81. The second-order valence-electron chi connectivity index (χ2n) is 7.05. The summed E-state index contributed by atoms with van der Waals surface area (Å²) in [4.78, 5) is 16.7. The van der Waals surface area contributed by atoms with Crippen LogP contribution in [-0.4, -0.2) is 96.7 Å². The predicted molar refractivity (Wildman–Crippen MR) is 98.4 cm³/mol. The maximum Gasteiger partial charge on any atom is 0.251 e. The Hall–Kier alpha value is -1.29. The molecule has 1 aromatic rings. The molecule has 0 unspecified atom stereocenters. The maximum absolute atomic E-state index is 13.3. The molecule has 0 spiro atoms. The number of hydrogen-bond donors (Lipinski definition) is 3. The first-order valence-corrected chi connectivity index (χ1v) is 9.38. The molecule has 0 saturated carbocycles. The lowest BCUT2D eigenvalue weighted by Crippen LogP contribution is -2.56. The molecule has 1 amide bonds. The summed E-state index contributed by atoms with van der Waals surface area (Å²) in [5, 5.41) is 22.7. The van der Waals surface area contributed by atoms with Crippen molar-refractivity contribution in [2.45, 2.75) is 24.4 Å². The van der Waals surface area contributed by atoms with Crippen molar-refractivity contribution in [3.63, 3.8) is 0 Å². The number of carbonyl (C=O) groups excluding carboxylic acids is 1. The van der Waals surface area contributed by atoms with Crippen LogP contribution in [0.4, 0.5) is 4.39 Å². The quantitative estimate of drug-likeness (QED) is 0.641. The van der Waals surface area contributed by atoms with Crippen molar-refractivity contribution in [3.05, 3.63) is 34.6 Å². The number of nitrogens with one attached hydrogen (secondary N) is 1. The minimum atomic E-state index is -0.833. The van der Waals surface area contributed by atoms with Crippen LogP contribution in [0.3, 0.4) is 0 Å². The fourth-order valence-corrected chi connectivity index (χ4v) is 3.83. The van der Waals surface area contributed by atoms with Crippen molar-refractivity contribution in [3.8, 4) is 0 Å².